The van der Waals surface area contributed by atoms with Crippen LogP contribution < -0.4 is 0 Å². The van der Waals surface area contributed by atoms with Crippen LogP contribution in [0, 0.1) is 0 Å². The average molecular weight is 185 g/mol. The van der Waals surface area contributed by atoms with Crippen molar-refractivity contribution in [2.45, 2.75) is 32.9 Å². The molecule has 0 bridgehead atoms. The van der Waals surface area contributed by atoms with Crippen molar-refractivity contribution < 1.29 is 0 Å². The minimum atomic E-state index is -1.16. The molecule has 0 fully saturated rings. The summed E-state index contributed by atoms with van der Waals surface area (Å²) in [6.45, 7) is 11.0. The molecule has 2 heteroatoms. The Morgan fingerprint density at radius 3 is 2.17 bits per heavy atom. The molecule has 0 rings (SSSR count). The van der Waals surface area contributed by atoms with Gasteiger partial charge in [0.2, 0.25) is 0 Å². The molecule has 0 aromatic rings. The maximum atomic E-state index is 4.13. The van der Waals surface area contributed by atoms with Gasteiger partial charge in [-0.3, -0.25) is 0 Å². The van der Waals surface area contributed by atoms with Crippen molar-refractivity contribution >= 4 is 8.07 Å². The Labute approximate surface area is 78.5 Å². The molecule has 1 nitrogen and oxygen atoms in total. The van der Waals surface area contributed by atoms with Crippen molar-refractivity contribution in [3.05, 3.63) is 11.8 Å². The van der Waals surface area contributed by atoms with Gasteiger partial charge in [0, 0.05) is 0 Å². The first kappa shape index (κ1) is 11.9. The zero-order valence-corrected chi connectivity index (χ0v) is 10.3. The molecule has 0 spiro atoms. The molecule has 12 heavy (non-hydrogen) atoms. The molecule has 1 unspecified atom stereocenters. The summed E-state index contributed by atoms with van der Waals surface area (Å²) in [5.41, 5.74) is 0. The van der Waals surface area contributed by atoms with E-state index in [4.69, 9.17) is 0 Å². The van der Waals surface area contributed by atoms with Crippen molar-refractivity contribution in [3.63, 3.8) is 0 Å². The lowest BCUT2D eigenvalue weighted by molar-refractivity contribution is 0.469. The molecule has 0 aliphatic carbocycles. The normalized spacial score (nSPS) is 16.2. The van der Waals surface area contributed by atoms with Crippen LogP contribution in [0.5, 0.6) is 0 Å². The van der Waals surface area contributed by atoms with E-state index < -0.39 is 8.07 Å². The predicted molar refractivity (Wildman–Crippen MR) is 60.1 cm³/mol. The van der Waals surface area contributed by atoms with Gasteiger partial charge in [0.1, 0.15) is 0 Å². The molecular formula is C10H23NSi. The van der Waals surface area contributed by atoms with Crippen LogP contribution >= 0.6 is 0 Å². The van der Waals surface area contributed by atoms with E-state index in [1.54, 1.807) is 0 Å². The topological polar surface area (TPSA) is 3.24 Å². The Morgan fingerprint density at radius 2 is 1.92 bits per heavy atom. The number of hydrogen-bond acceptors (Lipinski definition) is 1. The lowest BCUT2D eigenvalue weighted by atomic mass is 10.6. The monoisotopic (exact) mass is 185 g/mol. The lowest BCUT2D eigenvalue weighted by Crippen LogP contribution is -2.43. The Bertz CT molecular complexity index is 154. The van der Waals surface area contributed by atoms with Gasteiger partial charge in [-0.25, -0.2) is 0 Å². The van der Waals surface area contributed by atoms with E-state index in [9.17, 15) is 0 Å². The highest BCUT2D eigenvalue weighted by Gasteiger charge is 2.27. The third-order valence-electron chi connectivity index (χ3n) is 2.50. The summed E-state index contributed by atoms with van der Waals surface area (Å²) in [4.78, 5) is 2.30. The van der Waals surface area contributed by atoms with Gasteiger partial charge in [-0.2, -0.15) is 0 Å². The average Bonchev–Trinajstić information content (AvgIpc) is 1.85. The van der Waals surface area contributed by atoms with E-state index >= 15 is 0 Å². The second-order valence-electron chi connectivity index (χ2n) is 4.33. The highest BCUT2D eigenvalue weighted by Crippen LogP contribution is 2.20. The van der Waals surface area contributed by atoms with E-state index in [-0.39, 0.29) is 0 Å². The quantitative estimate of drug-likeness (QED) is 0.595. The molecule has 0 heterocycles. The van der Waals surface area contributed by atoms with Crippen LogP contribution in [0.2, 0.25) is 12.6 Å². The molecule has 1 atom stereocenters. The standard InChI is InChI=1S/C10H23NSi/c1-7-8-12(6,10(2)3)9-11(4)5/h2,7-9H2,1,3-6H3. The van der Waals surface area contributed by atoms with Crippen LogP contribution in [0.15, 0.2) is 11.8 Å². The van der Waals surface area contributed by atoms with Crippen LogP contribution in [0.1, 0.15) is 20.3 Å². The molecule has 0 radical (unpaired) electrons. The molecule has 0 aromatic heterocycles. The largest absolute Gasteiger partial charge is 0.312 e. The van der Waals surface area contributed by atoms with E-state index in [2.05, 4.69) is 46.0 Å². The maximum Gasteiger partial charge on any atom is 0.0916 e. The second kappa shape index (κ2) is 4.82. The molecule has 0 aromatic carbocycles. The Balaban J connectivity index is 4.28. The zero-order chi connectivity index (χ0) is 9.78. The SMILES string of the molecule is C=C(C)[Si](C)(CCC)CN(C)C. The molecular weight excluding hydrogens is 162 g/mol. The molecule has 0 aliphatic rings. The fourth-order valence-electron chi connectivity index (χ4n) is 1.68. The van der Waals surface area contributed by atoms with E-state index in [0.717, 1.165) is 0 Å². The van der Waals surface area contributed by atoms with Crippen molar-refractivity contribution in [1.82, 2.24) is 4.90 Å². The van der Waals surface area contributed by atoms with Gasteiger partial charge in [0.05, 0.1) is 8.07 Å². The molecule has 0 saturated heterocycles. The van der Waals surface area contributed by atoms with Crippen LogP contribution in [-0.4, -0.2) is 33.2 Å². The molecule has 0 saturated carbocycles. The summed E-state index contributed by atoms with van der Waals surface area (Å²) in [7, 11) is 3.15. The minimum Gasteiger partial charge on any atom is -0.312 e. The third kappa shape index (κ3) is 3.54. The van der Waals surface area contributed by atoms with E-state index in [1.807, 2.05) is 0 Å². The van der Waals surface area contributed by atoms with Gasteiger partial charge in [0.25, 0.3) is 0 Å². The summed E-state index contributed by atoms with van der Waals surface area (Å²) in [5, 5.41) is 1.44. The first-order chi connectivity index (χ1) is 5.42. The maximum absolute atomic E-state index is 4.13. The highest BCUT2D eigenvalue weighted by molar-refractivity contribution is 6.85. The molecule has 0 aliphatic heterocycles. The first-order valence-corrected chi connectivity index (χ1v) is 7.64. The van der Waals surface area contributed by atoms with Crippen LogP contribution in [-0.2, 0) is 0 Å². The number of allylic oxidation sites excluding steroid dienone is 1. The van der Waals surface area contributed by atoms with E-state index in [1.165, 1.54) is 23.8 Å². The van der Waals surface area contributed by atoms with Gasteiger partial charge in [0.15, 0.2) is 0 Å². The van der Waals surface area contributed by atoms with Gasteiger partial charge >= 0.3 is 0 Å². The van der Waals surface area contributed by atoms with Crippen molar-refractivity contribution in [1.29, 1.82) is 0 Å². The van der Waals surface area contributed by atoms with Crippen LogP contribution in [0.25, 0.3) is 0 Å². The van der Waals surface area contributed by atoms with Gasteiger partial charge in [-0.05, 0) is 27.2 Å². The van der Waals surface area contributed by atoms with Crippen molar-refractivity contribution in [2.24, 2.45) is 0 Å². The minimum absolute atomic E-state index is 1.16. The Morgan fingerprint density at radius 1 is 1.42 bits per heavy atom. The Hall–Kier alpha value is -0.0831. The van der Waals surface area contributed by atoms with Gasteiger partial charge in [-0.1, -0.05) is 31.1 Å². The summed E-state index contributed by atoms with van der Waals surface area (Å²) in [5.74, 6) is 0. The summed E-state index contributed by atoms with van der Waals surface area (Å²) in [6.07, 6.45) is 2.54. The molecule has 0 amide bonds. The fraction of sp³-hybridized carbons (Fsp3) is 0.800. The predicted octanol–water partition coefficient (Wildman–Crippen LogP) is 2.69. The smallest absolute Gasteiger partial charge is 0.0916 e. The number of nitrogens with zero attached hydrogens (tertiary/aromatic N) is 1. The van der Waals surface area contributed by atoms with Crippen LogP contribution in [0.4, 0.5) is 0 Å². The zero-order valence-electron chi connectivity index (χ0n) is 9.28. The fourth-order valence-corrected chi connectivity index (χ4v) is 5.03. The van der Waals surface area contributed by atoms with E-state index in [0.29, 0.717) is 0 Å². The first-order valence-electron chi connectivity index (χ1n) is 4.73. The number of rotatable bonds is 5. The summed E-state index contributed by atoms with van der Waals surface area (Å²) >= 11 is 0. The molecule has 0 N–H and O–H groups in total. The Kier molecular flexibility index (Phi) is 4.79. The second-order valence-corrected chi connectivity index (χ2v) is 9.12. The summed E-state index contributed by atoms with van der Waals surface area (Å²) < 4.78 is 0. The van der Waals surface area contributed by atoms with Crippen LogP contribution in [0.3, 0.4) is 0 Å². The van der Waals surface area contributed by atoms with Gasteiger partial charge < -0.3 is 4.90 Å². The lowest BCUT2D eigenvalue weighted by Gasteiger charge is -2.30. The third-order valence-corrected chi connectivity index (χ3v) is 7.49. The number of hydrogen-bond donors (Lipinski definition) is 0. The highest BCUT2D eigenvalue weighted by atomic mass is 28.3. The van der Waals surface area contributed by atoms with Crippen molar-refractivity contribution in [3.8, 4) is 0 Å². The summed E-state index contributed by atoms with van der Waals surface area (Å²) in [6, 6.07) is 1.38. The molecule has 72 valence electrons. The van der Waals surface area contributed by atoms with Gasteiger partial charge in [-0.15, -0.1) is 6.58 Å². The van der Waals surface area contributed by atoms with Crippen molar-refractivity contribution in [2.75, 3.05) is 20.3 Å².